The summed E-state index contributed by atoms with van der Waals surface area (Å²) < 4.78 is 24.6. The summed E-state index contributed by atoms with van der Waals surface area (Å²) in [5.74, 6) is 1.26. The van der Waals surface area contributed by atoms with E-state index in [2.05, 4.69) is 5.32 Å². The zero-order chi connectivity index (χ0) is 11.5. The van der Waals surface area contributed by atoms with E-state index in [9.17, 15) is 8.60 Å². The highest BCUT2D eigenvalue weighted by molar-refractivity contribution is 7.84. The van der Waals surface area contributed by atoms with Gasteiger partial charge >= 0.3 is 0 Å². The fourth-order valence-electron chi connectivity index (χ4n) is 1.60. The van der Waals surface area contributed by atoms with Gasteiger partial charge < -0.3 is 5.32 Å². The molecule has 0 saturated carbocycles. The van der Waals surface area contributed by atoms with Gasteiger partial charge in [0.15, 0.2) is 0 Å². The lowest BCUT2D eigenvalue weighted by Crippen LogP contribution is -2.44. The number of nitrogens with one attached hydrogen (secondary N) is 1. The normalized spacial score (nSPS) is 18.1. The van der Waals surface area contributed by atoms with Gasteiger partial charge in [-0.05, 0) is 23.6 Å². The second-order valence-corrected chi connectivity index (χ2v) is 5.92. The molecule has 0 aromatic heterocycles. The van der Waals surface area contributed by atoms with Crippen LogP contribution in [0.25, 0.3) is 0 Å². The second-order valence-electron chi connectivity index (χ2n) is 4.01. The first-order valence-corrected chi connectivity index (χ1v) is 7.01. The SMILES string of the molecule is O=S(Cc1ccc(F)cc1Cl)CC1CNC1. The minimum atomic E-state index is -0.914. The highest BCUT2D eigenvalue weighted by atomic mass is 35.5. The van der Waals surface area contributed by atoms with Crippen LogP contribution in [-0.2, 0) is 16.6 Å². The third kappa shape index (κ3) is 3.03. The number of rotatable bonds is 4. The molecule has 0 amide bonds. The molecule has 16 heavy (non-hydrogen) atoms. The Bertz CT molecular complexity index is 409. The molecule has 1 atom stereocenters. The van der Waals surface area contributed by atoms with Gasteiger partial charge in [0.05, 0.1) is 5.75 Å². The van der Waals surface area contributed by atoms with Crippen LogP contribution < -0.4 is 5.32 Å². The van der Waals surface area contributed by atoms with E-state index in [4.69, 9.17) is 11.6 Å². The van der Waals surface area contributed by atoms with Crippen molar-refractivity contribution in [1.82, 2.24) is 5.32 Å². The molecule has 2 nitrogen and oxygen atoms in total. The van der Waals surface area contributed by atoms with E-state index in [1.54, 1.807) is 6.07 Å². The molecule has 2 rings (SSSR count). The fraction of sp³-hybridized carbons (Fsp3) is 0.455. The van der Waals surface area contributed by atoms with Crippen LogP contribution in [-0.4, -0.2) is 23.1 Å². The van der Waals surface area contributed by atoms with Crippen molar-refractivity contribution in [3.8, 4) is 0 Å². The number of hydrogen-bond acceptors (Lipinski definition) is 2. The molecule has 88 valence electrons. The van der Waals surface area contributed by atoms with Crippen molar-refractivity contribution in [3.05, 3.63) is 34.6 Å². The maximum Gasteiger partial charge on any atom is 0.124 e. The number of hydrogen-bond donors (Lipinski definition) is 1. The van der Waals surface area contributed by atoms with Gasteiger partial charge in [-0.1, -0.05) is 17.7 Å². The monoisotopic (exact) mass is 261 g/mol. The number of halogens is 2. The second kappa shape index (κ2) is 5.25. The summed E-state index contributed by atoms with van der Waals surface area (Å²) >= 11 is 5.87. The molecular weight excluding hydrogens is 249 g/mol. The Morgan fingerprint density at radius 1 is 1.50 bits per heavy atom. The molecule has 1 fully saturated rings. The Kier molecular flexibility index (Phi) is 3.95. The Morgan fingerprint density at radius 2 is 2.25 bits per heavy atom. The van der Waals surface area contributed by atoms with Crippen molar-refractivity contribution in [2.75, 3.05) is 18.8 Å². The van der Waals surface area contributed by atoms with Gasteiger partial charge in [0.1, 0.15) is 5.82 Å². The summed E-state index contributed by atoms with van der Waals surface area (Å²) in [7, 11) is -0.914. The molecule has 0 bridgehead atoms. The van der Waals surface area contributed by atoms with Gasteiger partial charge in [0.25, 0.3) is 0 Å². The van der Waals surface area contributed by atoms with E-state index >= 15 is 0 Å². The van der Waals surface area contributed by atoms with E-state index in [0.717, 1.165) is 18.7 Å². The first-order chi connectivity index (χ1) is 7.65. The Morgan fingerprint density at radius 3 is 2.81 bits per heavy atom. The van der Waals surface area contributed by atoms with Gasteiger partial charge in [-0.3, -0.25) is 4.21 Å². The lowest BCUT2D eigenvalue weighted by molar-refractivity contribution is 0.382. The van der Waals surface area contributed by atoms with Gasteiger partial charge in [-0.2, -0.15) is 0 Å². The Balaban J connectivity index is 1.94. The molecule has 1 N–H and O–H groups in total. The molecule has 0 radical (unpaired) electrons. The molecular formula is C11H13ClFNOS. The van der Waals surface area contributed by atoms with Crippen LogP contribution in [0.1, 0.15) is 5.56 Å². The van der Waals surface area contributed by atoms with Crippen molar-refractivity contribution in [2.24, 2.45) is 5.92 Å². The van der Waals surface area contributed by atoms with Crippen LogP contribution in [0.15, 0.2) is 18.2 Å². The highest BCUT2D eigenvalue weighted by Gasteiger charge is 2.19. The van der Waals surface area contributed by atoms with Crippen LogP contribution >= 0.6 is 11.6 Å². The summed E-state index contributed by atoms with van der Waals surface area (Å²) in [5, 5.41) is 3.50. The largest absolute Gasteiger partial charge is 0.316 e. The lowest BCUT2D eigenvalue weighted by Gasteiger charge is -2.26. The Hall–Kier alpha value is -0.450. The van der Waals surface area contributed by atoms with Crippen LogP contribution in [0.4, 0.5) is 4.39 Å². The predicted molar refractivity (Wildman–Crippen MR) is 64.5 cm³/mol. The van der Waals surface area contributed by atoms with Crippen molar-refractivity contribution < 1.29 is 8.60 Å². The molecule has 1 saturated heterocycles. The number of benzene rings is 1. The minimum absolute atomic E-state index is 0.359. The molecule has 1 aromatic carbocycles. The molecule has 1 unspecified atom stereocenters. The van der Waals surface area contributed by atoms with Crippen LogP contribution in [0.2, 0.25) is 5.02 Å². The highest BCUT2D eigenvalue weighted by Crippen LogP contribution is 2.19. The molecule has 1 aromatic rings. The van der Waals surface area contributed by atoms with Gasteiger partial charge in [0, 0.05) is 34.7 Å². The van der Waals surface area contributed by atoms with E-state index in [0.29, 0.717) is 22.4 Å². The van der Waals surface area contributed by atoms with Crippen LogP contribution in [0, 0.1) is 11.7 Å². The van der Waals surface area contributed by atoms with Crippen molar-refractivity contribution in [2.45, 2.75) is 5.75 Å². The third-order valence-electron chi connectivity index (χ3n) is 2.62. The van der Waals surface area contributed by atoms with Crippen molar-refractivity contribution >= 4 is 22.4 Å². The maximum atomic E-state index is 12.8. The first-order valence-electron chi connectivity index (χ1n) is 5.15. The van der Waals surface area contributed by atoms with Gasteiger partial charge in [0.2, 0.25) is 0 Å². The molecule has 0 spiro atoms. The standard InChI is InChI=1S/C11H13ClFNOS/c12-11-3-10(13)2-1-9(11)7-16(15)6-8-4-14-5-8/h1-3,8,14H,4-7H2. The molecule has 1 heterocycles. The summed E-state index contributed by atoms with van der Waals surface area (Å²) in [4.78, 5) is 0. The average Bonchev–Trinajstić information content (AvgIpc) is 2.16. The fourth-order valence-corrected chi connectivity index (χ4v) is 3.39. The maximum absolute atomic E-state index is 12.8. The van der Waals surface area contributed by atoms with Gasteiger partial charge in [-0.15, -0.1) is 0 Å². The third-order valence-corrected chi connectivity index (χ3v) is 4.45. The molecule has 1 aliphatic rings. The first kappa shape index (κ1) is 12.0. The van der Waals surface area contributed by atoms with E-state index in [1.165, 1.54) is 12.1 Å². The minimum Gasteiger partial charge on any atom is -0.316 e. The van der Waals surface area contributed by atoms with Crippen molar-refractivity contribution in [1.29, 1.82) is 0 Å². The topological polar surface area (TPSA) is 29.1 Å². The quantitative estimate of drug-likeness (QED) is 0.898. The summed E-state index contributed by atoms with van der Waals surface area (Å²) in [6.45, 7) is 1.89. The molecule has 1 aliphatic heterocycles. The van der Waals surface area contributed by atoms with Crippen LogP contribution in [0.3, 0.4) is 0 Å². The molecule has 5 heteroatoms. The smallest absolute Gasteiger partial charge is 0.124 e. The van der Waals surface area contributed by atoms with E-state index in [-0.39, 0.29) is 5.82 Å². The zero-order valence-corrected chi connectivity index (χ0v) is 10.3. The summed E-state index contributed by atoms with van der Waals surface area (Å²) in [6.07, 6.45) is 0. The average molecular weight is 262 g/mol. The van der Waals surface area contributed by atoms with Crippen molar-refractivity contribution in [3.63, 3.8) is 0 Å². The lowest BCUT2D eigenvalue weighted by atomic mass is 10.1. The summed E-state index contributed by atoms with van der Waals surface area (Å²) in [6, 6.07) is 4.22. The predicted octanol–water partition coefficient (Wildman–Crippen LogP) is 1.95. The van der Waals surface area contributed by atoms with E-state index in [1.807, 2.05) is 0 Å². The van der Waals surface area contributed by atoms with Crippen LogP contribution in [0.5, 0.6) is 0 Å². The van der Waals surface area contributed by atoms with E-state index < -0.39 is 10.8 Å². The molecule has 0 aliphatic carbocycles. The Labute approximate surface area is 102 Å². The van der Waals surface area contributed by atoms with Gasteiger partial charge in [-0.25, -0.2) is 4.39 Å². The summed E-state index contributed by atoms with van der Waals surface area (Å²) in [5.41, 5.74) is 0.758. The zero-order valence-electron chi connectivity index (χ0n) is 8.71.